The summed E-state index contributed by atoms with van der Waals surface area (Å²) in [5.74, 6) is 0. The zero-order valence-electron chi connectivity index (χ0n) is 11.7. The topological polar surface area (TPSA) is 60.9 Å². The van der Waals surface area contributed by atoms with Gasteiger partial charge in [-0.3, -0.25) is 0 Å². The number of rotatable bonds is 4. The summed E-state index contributed by atoms with van der Waals surface area (Å²) < 4.78 is 26.8. The van der Waals surface area contributed by atoms with Crippen LogP contribution in [-0.4, -0.2) is 55.5 Å². The molecule has 0 spiro atoms. The van der Waals surface area contributed by atoms with Crippen LogP contribution >= 0.6 is 23.2 Å². The first kappa shape index (κ1) is 17.0. The molecule has 5 nitrogen and oxygen atoms in total. The summed E-state index contributed by atoms with van der Waals surface area (Å²) in [5, 5.41) is 9.55. The molecular weight excluding hydrogens is 335 g/mol. The lowest BCUT2D eigenvalue weighted by Gasteiger charge is -2.33. The van der Waals surface area contributed by atoms with E-state index in [2.05, 4.69) is 4.90 Å². The van der Waals surface area contributed by atoms with Gasteiger partial charge >= 0.3 is 0 Å². The zero-order chi connectivity index (χ0) is 15.6. The third-order valence-electron chi connectivity index (χ3n) is 3.71. The Labute approximate surface area is 135 Å². The first-order chi connectivity index (χ1) is 9.91. The third-order valence-corrected chi connectivity index (χ3v) is 6.54. The van der Waals surface area contributed by atoms with Crippen molar-refractivity contribution in [1.82, 2.24) is 9.21 Å². The largest absolute Gasteiger partial charge is 0.392 e. The van der Waals surface area contributed by atoms with Crippen molar-refractivity contribution in [3.05, 3.63) is 27.7 Å². The van der Waals surface area contributed by atoms with Crippen LogP contribution in [0.4, 0.5) is 0 Å². The van der Waals surface area contributed by atoms with Crippen LogP contribution in [0, 0.1) is 0 Å². The van der Waals surface area contributed by atoms with Gasteiger partial charge in [-0.1, -0.05) is 30.1 Å². The second-order valence-electron chi connectivity index (χ2n) is 4.83. The third kappa shape index (κ3) is 3.36. The number of sulfonamides is 1. The number of hydrogen-bond donors (Lipinski definition) is 1. The lowest BCUT2D eigenvalue weighted by atomic mass is 10.2. The zero-order valence-corrected chi connectivity index (χ0v) is 14.0. The first-order valence-electron chi connectivity index (χ1n) is 6.72. The molecule has 0 aromatic heterocycles. The van der Waals surface area contributed by atoms with Crippen LogP contribution in [0.1, 0.15) is 12.5 Å². The predicted octanol–water partition coefficient (Wildman–Crippen LogP) is 1.81. The summed E-state index contributed by atoms with van der Waals surface area (Å²) in [6, 6.07) is 2.85. The predicted molar refractivity (Wildman–Crippen MR) is 83.3 cm³/mol. The fourth-order valence-corrected chi connectivity index (χ4v) is 4.64. The minimum Gasteiger partial charge on any atom is -0.392 e. The van der Waals surface area contributed by atoms with Gasteiger partial charge in [0.25, 0.3) is 0 Å². The van der Waals surface area contributed by atoms with Crippen molar-refractivity contribution in [1.29, 1.82) is 0 Å². The monoisotopic (exact) mass is 352 g/mol. The Morgan fingerprint density at radius 1 is 1.19 bits per heavy atom. The van der Waals surface area contributed by atoms with Gasteiger partial charge in [0.05, 0.1) is 11.6 Å². The molecule has 1 N–H and O–H groups in total. The van der Waals surface area contributed by atoms with Crippen LogP contribution < -0.4 is 0 Å². The summed E-state index contributed by atoms with van der Waals surface area (Å²) in [4.78, 5) is 2.19. The summed E-state index contributed by atoms with van der Waals surface area (Å²) in [5.41, 5.74) is 0.242. The van der Waals surface area contributed by atoms with Crippen molar-refractivity contribution >= 4 is 33.2 Å². The van der Waals surface area contributed by atoms with E-state index >= 15 is 0 Å². The van der Waals surface area contributed by atoms with E-state index in [9.17, 15) is 13.5 Å². The maximum absolute atomic E-state index is 12.7. The van der Waals surface area contributed by atoms with Gasteiger partial charge in [-0.05, 0) is 18.7 Å². The van der Waals surface area contributed by atoms with E-state index in [0.29, 0.717) is 26.2 Å². The molecule has 1 aliphatic heterocycles. The Morgan fingerprint density at radius 3 is 2.33 bits per heavy atom. The average Bonchev–Trinajstić information content (AvgIpc) is 2.47. The second-order valence-corrected chi connectivity index (χ2v) is 7.53. The first-order valence-corrected chi connectivity index (χ1v) is 8.91. The molecule has 0 unspecified atom stereocenters. The van der Waals surface area contributed by atoms with E-state index in [1.807, 2.05) is 6.92 Å². The highest BCUT2D eigenvalue weighted by Gasteiger charge is 2.30. The smallest absolute Gasteiger partial charge is 0.244 e. The number of halogens is 2. The molecule has 118 valence electrons. The van der Waals surface area contributed by atoms with Crippen LogP contribution in [0.25, 0.3) is 0 Å². The minimum absolute atomic E-state index is 0.00238. The maximum Gasteiger partial charge on any atom is 0.244 e. The van der Waals surface area contributed by atoms with Gasteiger partial charge in [-0.15, -0.1) is 0 Å². The number of hydrogen-bond acceptors (Lipinski definition) is 4. The van der Waals surface area contributed by atoms with Crippen molar-refractivity contribution in [2.75, 3.05) is 32.7 Å². The SMILES string of the molecule is CCN1CCN(S(=O)(=O)c2ccc(Cl)c(CO)c2Cl)CC1. The Kier molecular flexibility index (Phi) is 5.51. The van der Waals surface area contributed by atoms with Gasteiger partial charge in [0.15, 0.2) is 0 Å². The molecule has 0 amide bonds. The molecule has 1 saturated heterocycles. The fraction of sp³-hybridized carbons (Fsp3) is 0.538. The summed E-state index contributed by atoms with van der Waals surface area (Å²) >= 11 is 12.0. The number of aliphatic hydroxyl groups is 1. The van der Waals surface area contributed by atoms with E-state index in [1.54, 1.807) is 0 Å². The van der Waals surface area contributed by atoms with Crippen LogP contribution in [-0.2, 0) is 16.6 Å². The molecule has 0 bridgehead atoms. The van der Waals surface area contributed by atoms with E-state index in [0.717, 1.165) is 6.54 Å². The summed E-state index contributed by atoms with van der Waals surface area (Å²) in [7, 11) is -3.67. The molecular formula is C13H18Cl2N2O3S. The molecule has 21 heavy (non-hydrogen) atoms. The van der Waals surface area contributed by atoms with E-state index < -0.39 is 16.6 Å². The number of likely N-dealkylation sites (N-methyl/N-ethyl adjacent to an activating group) is 1. The number of benzene rings is 1. The summed E-state index contributed by atoms with van der Waals surface area (Å²) in [6.07, 6.45) is 0. The van der Waals surface area contributed by atoms with Gasteiger partial charge in [0, 0.05) is 36.8 Å². The Bertz CT molecular complexity index is 614. The lowest BCUT2D eigenvalue weighted by molar-refractivity contribution is 0.196. The van der Waals surface area contributed by atoms with E-state index in [4.69, 9.17) is 23.2 Å². The Balaban J connectivity index is 2.33. The molecule has 0 aliphatic carbocycles. The van der Waals surface area contributed by atoms with Crippen molar-refractivity contribution in [3.8, 4) is 0 Å². The van der Waals surface area contributed by atoms with Crippen molar-refractivity contribution in [2.24, 2.45) is 0 Å². The molecule has 0 saturated carbocycles. The van der Waals surface area contributed by atoms with Gasteiger partial charge in [0.2, 0.25) is 10.0 Å². The molecule has 1 aromatic carbocycles. The minimum atomic E-state index is -3.67. The molecule has 8 heteroatoms. The van der Waals surface area contributed by atoms with Gasteiger partial charge in [-0.2, -0.15) is 4.31 Å². The van der Waals surface area contributed by atoms with E-state index in [-0.39, 0.29) is 20.5 Å². The van der Waals surface area contributed by atoms with Crippen LogP contribution in [0.3, 0.4) is 0 Å². The standard InChI is InChI=1S/C13H18Cl2N2O3S/c1-2-16-5-7-17(8-6-16)21(19,20)12-4-3-11(14)10(9-18)13(12)15/h3-4,18H,2,5-9H2,1H3. The summed E-state index contributed by atoms with van der Waals surface area (Å²) in [6.45, 7) is 4.83. The van der Waals surface area contributed by atoms with Crippen LogP contribution in [0.15, 0.2) is 17.0 Å². The van der Waals surface area contributed by atoms with Gasteiger partial charge < -0.3 is 10.0 Å². The highest BCUT2D eigenvalue weighted by atomic mass is 35.5. The lowest BCUT2D eigenvalue weighted by Crippen LogP contribution is -2.48. The molecule has 0 radical (unpaired) electrons. The molecule has 1 aromatic rings. The molecule has 1 aliphatic rings. The Hall–Kier alpha value is -0.370. The van der Waals surface area contributed by atoms with Gasteiger partial charge in [0.1, 0.15) is 4.90 Å². The number of nitrogens with zero attached hydrogens (tertiary/aromatic N) is 2. The Morgan fingerprint density at radius 2 is 1.81 bits per heavy atom. The van der Waals surface area contributed by atoms with Gasteiger partial charge in [-0.25, -0.2) is 8.42 Å². The van der Waals surface area contributed by atoms with E-state index in [1.165, 1.54) is 16.4 Å². The number of aliphatic hydroxyl groups excluding tert-OH is 1. The number of piperazine rings is 1. The molecule has 2 rings (SSSR count). The maximum atomic E-state index is 12.7. The molecule has 1 heterocycles. The quantitative estimate of drug-likeness (QED) is 0.897. The van der Waals surface area contributed by atoms with Crippen molar-refractivity contribution in [3.63, 3.8) is 0 Å². The average molecular weight is 353 g/mol. The second kappa shape index (κ2) is 6.81. The van der Waals surface area contributed by atoms with Crippen LogP contribution in [0.2, 0.25) is 10.0 Å². The molecule has 1 fully saturated rings. The fourth-order valence-electron chi connectivity index (χ4n) is 2.35. The molecule has 0 atom stereocenters. The highest BCUT2D eigenvalue weighted by Crippen LogP contribution is 2.32. The normalized spacial score (nSPS) is 18.1. The highest BCUT2D eigenvalue weighted by molar-refractivity contribution is 7.89. The van der Waals surface area contributed by atoms with Crippen molar-refractivity contribution in [2.45, 2.75) is 18.4 Å². The van der Waals surface area contributed by atoms with Crippen molar-refractivity contribution < 1.29 is 13.5 Å². The van der Waals surface area contributed by atoms with Crippen LogP contribution in [0.5, 0.6) is 0 Å².